The van der Waals surface area contributed by atoms with E-state index >= 15 is 0 Å². The second kappa shape index (κ2) is 10.2. The van der Waals surface area contributed by atoms with E-state index in [4.69, 9.17) is 9.47 Å². The number of hydrogen-bond donors (Lipinski definition) is 1. The minimum absolute atomic E-state index is 0.0339. The first-order chi connectivity index (χ1) is 14.1. The molecule has 6 nitrogen and oxygen atoms in total. The van der Waals surface area contributed by atoms with Crippen molar-refractivity contribution in [1.29, 1.82) is 0 Å². The van der Waals surface area contributed by atoms with Crippen LogP contribution in [-0.4, -0.2) is 57.2 Å². The van der Waals surface area contributed by atoms with Crippen molar-refractivity contribution >= 4 is 11.6 Å². The van der Waals surface area contributed by atoms with Crippen molar-refractivity contribution in [3.63, 3.8) is 0 Å². The molecule has 0 aliphatic carbocycles. The van der Waals surface area contributed by atoms with E-state index in [1.165, 1.54) is 0 Å². The highest BCUT2D eigenvalue weighted by Gasteiger charge is 2.22. The SMILES string of the molecule is CCOc1ccccc1N1CCN(CC(=O)NC(C)c2ccccc2OC)CC1. The second-order valence-electron chi connectivity index (χ2n) is 7.20. The van der Waals surface area contributed by atoms with Gasteiger partial charge in [0.1, 0.15) is 11.5 Å². The van der Waals surface area contributed by atoms with Gasteiger partial charge in [-0.05, 0) is 32.0 Å². The van der Waals surface area contributed by atoms with Crippen LogP contribution in [0.1, 0.15) is 25.5 Å². The van der Waals surface area contributed by atoms with E-state index < -0.39 is 0 Å². The number of amides is 1. The zero-order valence-corrected chi connectivity index (χ0v) is 17.6. The van der Waals surface area contributed by atoms with E-state index in [0.29, 0.717) is 13.2 Å². The van der Waals surface area contributed by atoms with Crippen LogP contribution in [0.25, 0.3) is 0 Å². The highest BCUT2D eigenvalue weighted by molar-refractivity contribution is 5.78. The number of nitrogens with zero attached hydrogens (tertiary/aromatic N) is 2. The van der Waals surface area contributed by atoms with Crippen LogP contribution in [0.2, 0.25) is 0 Å². The Morgan fingerprint density at radius 3 is 2.38 bits per heavy atom. The van der Waals surface area contributed by atoms with Gasteiger partial charge >= 0.3 is 0 Å². The quantitative estimate of drug-likeness (QED) is 0.742. The summed E-state index contributed by atoms with van der Waals surface area (Å²) < 4.78 is 11.2. The van der Waals surface area contributed by atoms with Crippen LogP contribution in [0.15, 0.2) is 48.5 Å². The molecule has 1 fully saturated rings. The van der Waals surface area contributed by atoms with Gasteiger partial charge in [0.15, 0.2) is 0 Å². The predicted octanol–water partition coefficient (Wildman–Crippen LogP) is 3.09. The third kappa shape index (κ3) is 5.41. The number of piperazine rings is 1. The number of nitrogens with one attached hydrogen (secondary N) is 1. The van der Waals surface area contributed by atoms with E-state index in [0.717, 1.165) is 48.9 Å². The van der Waals surface area contributed by atoms with Crippen LogP contribution in [0.3, 0.4) is 0 Å². The summed E-state index contributed by atoms with van der Waals surface area (Å²) in [5.74, 6) is 1.75. The van der Waals surface area contributed by atoms with Gasteiger partial charge in [0.2, 0.25) is 5.91 Å². The van der Waals surface area contributed by atoms with Gasteiger partial charge in [-0.15, -0.1) is 0 Å². The number of methoxy groups -OCH3 is 1. The lowest BCUT2D eigenvalue weighted by atomic mass is 10.1. The van der Waals surface area contributed by atoms with Crippen molar-refractivity contribution in [2.75, 3.05) is 51.3 Å². The number of anilines is 1. The average molecular weight is 398 g/mol. The zero-order chi connectivity index (χ0) is 20.6. The molecule has 29 heavy (non-hydrogen) atoms. The standard InChI is InChI=1S/C23H31N3O3/c1-4-29-22-12-8-6-10-20(22)26-15-13-25(14-16-26)17-23(27)24-18(2)19-9-5-7-11-21(19)28-3/h5-12,18H,4,13-17H2,1-3H3,(H,24,27). The molecule has 1 saturated heterocycles. The van der Waals surface area contributed by atoms with Gasteiger partial charge in [0, 0.05) is 31.7 Å². The second-order valence-corrected chi connectivity index (χ2v) is 7.20. The van der Waals surface area contributed by atoms with Crippen LogP contribution in [0.4, 0.5) is 5.69 Å². The molecule has 2 aromatic rings. The zero-order valence-electron chi connectivity index (χ0n) is 17.6. The summed E-state index contributed by atoms with van der Waals surface area (Å²) >= 11 is 0. The molecule has 1 N–H and O–H groups in total. The lowest BCUT2D eigenvalue weighted by Crippen LogP contribution is -2.49. The number of para-hydroxylation sites is 3. The van der Waals surface area contributed by atoms with Gasteiger partial charge in [-0.25, -0.2) is 0 Å². The molecule has 0 aromatic heterocycles. The highest BCUT2D eigenvalue weighted by atomic mass is 16.5. The van der Waals surface area contributed by atoms with E-state index in [9.17, 15) is 4.79 Å². The number of carbonyl (C=O) groups excluding carboxylic acids is 1. The molecule has 0 saturated carbocycles. The predicted molar refractivity (Wildman–Crippen MR) is 116 cm³/mol. The Morgan fingerprint density at radius 1 is 1.03 bits per heavy atom. The summed E-state index contributed by atoms with van der Waals surface area (Å²) in [6, 6.07) is 15.8. The maximum atomic E-state index is 12.6. The Bertz CT molecular complexity index is 803. The van der Waals surface area contributed by atoms with E-state index in [2.05, 4.69) is 21.2 Å². The normalized spacial score (nSPS) is 15.6. The van der Waals surface area contributed by atoms with Gasteiger partial charge in [-0.1, -0.05) is 30.3 Å². The molecule has 0 spiro atoms. The van der Waals surface area contributed by atoms with Gasteiger partial charge < -0.3 is 19.7 Å². The molecule has 1 aliphatic rings. The molecule has 1 heterocycles. The van der Waals surface area contributed by atoms with Gasteiger partial charge in [0.25, 0.3) is 0 Å². The molecular weight excluding hydrogens is 366 g/mol. The first kappa shape index (κ1) is 21.0. The average Bonchev–Trinajstić information content (AvgIpc) is 2.75. The lowest BCUT2D eigenvalue weighted by molar-refractivity contribution is -0.123. The van der Waals surface area contributed by atoms with Crippen molar-refractivity contribution in [2.24, 2.45) is 0 Å². The summed E-state index contributed by atoms with van der Waals surface area (Å²) in [6.45, 7) is 8.48. The fraction of sp³-hybridized carbons (Fsp3) is 0.435. The number of hydrogen-bond acceptors (Lipinski definition) is 5. The van der Waals surface area contributed by atoms with Crippen molar-refractivity contribution in [2.45, 2.75) is 19.9 Å². The molecule has 1 aliphatic heterocycles. The van der Waals surface area contributed by atoms with Crippen LogP contribution < -0.4 is 19.7 Å². The summed E-state index contributed by atoms with van der Waals surface area (Å²) in [7, 11) is 1.65. The van der Waals surface area contributed by atoms with Gasteiger partial charge in [-0.3, -0.25) is 9.69 Å². The number of rotatable bonds is 8. The van der Waals surface area contributed by atoms with Crippen molar-refractivity contribution in [3.05, 3.63) is 54.1 Å². The Kier molecular flexibility index (Phi) is 7.36. The summed E-state index contributed by atoms with van der Waals surface area (Å²) in [5.41, 5.74) is 2.11. The number of carbonyl (C=O) groups is 1. The van der Waals surface area contributed by atoms with Crippen LogP contribution in [-0.2, 0) is 4.79 Å². The summed E-state index contributed by atoms with van der Waals surface area (Å²) in [6.07, 6.45) is 0. The van der Waals surface area contributed by atoms with E-state index in [1.54, 1.807) is 7.11 Å². The molecule has 1 unspecified atom stereocenters. The Labute approximate surface area is 173 Å². The fourth-order valence-corrected chi connectivity index (χ4v) is 3.73. The van der Waals surface area contributed by atoms with Crippen molar-refractivity contribution < 1.29 is 14.3 Å². The monoisotopic (exact) mass is 397 g/mol. The first-order valence-electron chi connectivity index (χ1n) is 10.2. The van der Waals surface area contributed by atoms with Crippen LogP contribution in [0.5, 0.6) is 11.5 Å². The summed E-state index contributed by atoms with van der Waals surface area (Å²) in [5, 5.41) is 3.09. The van der Waals surface area contributed by atoms with Crippen LogP contribution in [0, 0.1) is 0 Å². The van der Waals surface area contributed by atoms with Crippen molar-refractivity contribution in [3.8, 4) is 11.5 Å². The highest BCUT2D eigenvalue weighted by Crippen LogP contribution is 2.29. The fourth-order valence-electron chi connectivity index (χ4n) is 3.73. The maximum absolute atomic E-state index is 12.6. The smallest absolute Gasteiger partial charge is 0.234 e. The Hall–Kier alpha value is -2.73. The topological polar surface area (TPSA) is 54.0 Å². The third-order valence-corrected chi connectivity index (χ3v) is 5.23. The minimum atomic E-state index is -0.0991. The van der Waals surface area contributed by atoms with Crippen molar-refractivity contribution in [1.82, 2.24) is 10.2 Å². The third-order valence-electron chi connectivity index (χ3n) is 5.23. The van der Waals surface area contributed by atoms with E-state index in [-0.39, 0.29) is 11.9 Å². The molecule has 0 radical (unpaired) electrons. The van der Waals surface area contributed by atoms with Gasteiger partial charge in [-0.2, -0.15) is 0 Å². The molecule has 0 bridgehead atoms. The van der Waals surface area contributed by atoms with Crippen LogP contribution >= 0.6 is 0 Å². The molecule has 156 valence electrons. The molecule has 3 rings (SSSR count). The molecule has 6 heteroatoms. The Balaban J connectivity index is 1.51. The minimum Gasteiger partial charge on any atom is -0.496 e. The number of benzene rings is 2. The number of ether oxygens (including phenoxy) is 2. The summed E-state index contributed by atoms with van der Waals surface area (Å²) in [4.78, 5) is 17.1. The maximum Gasteiger partial charge on any atom is 0.234 e. The molecule has 1 amide bonds. The lowest BCUT2D eigenvalue weighted by Gasteiger charge is -2.36. The largest absolute Gasteiger partial charge is 0.496 e. The Morgan fingerprint density at radius 2 is 1.69 bits per heavy atom. The van der Waals surface area contributed by atoms with Gasteiger partial charge in [0.05, 0.1) is 32.0 Å². The molecular formula is C23H31N3O3. The molecule has 1 atom stereocenters. The molecule has 2 aromatic carbocycles. The first-order valence-corrected chi connectivity index (χ1v) is 10.2. The van der Waals surface area contributed by atoms with E-state index in [1.807, 2.05) is 56.3 Å².